The van der Waals surface area contributed by atoms with Gasteiger partial charge in [-0.05, 0) is 18.1 Å². The van der Waals surface area contributed by atoms with E-state index in [0.717, 1.165) is 11.1 Å². The van der Waals surface area contributed by atoms with Crippen molar-refractivity contribution >= 4 is 22.8 Å². The average Bonchev–Trinajstić information content (AvgIpc) is 3.09. The van der Waals surface area contributed by atoms with E-state index in [1.807, 2.05) is 32.0 Å². The van der Waals surface area contributed by atoms with Crippen LogP contribution in [0.25, 0.3) is 10.9 Å². The van der Waals surface area contributed by atoms with Gasteiger partial charge in [0.2, 0.25) is 5.88 Å². The Morgan fingerprint density at radius 2 is 2.14 bits per heavy atom. The molecule has 0 fully saturated rings. The minimum absolute atomic E-state index is 0.0903. The Morgan fingerprint density at radius 1 is 1.29 bits per heavy atom. The number of nitrogens with one attached hydrogen (secondary N) is 3. The lowest BCUT2D eigenvalue weighted by atomic mass is 10.1. The molecule has 3 aromatic heterocycles. The third kappa shape index (κ3) is 4.95. The van der Waals surface area contributed by atoms with Crippen LogP contribution in [0.5, 0.6) is 5.88 Å². The number of urea groups is 1. The summed E-state index contributed by atoms with van der Waals surface area (Å²) in [6.45, 7) is 4.78. The molecule has 0 aliphatic rings. The molecule has 2 amide bonds. The van der Waals surface area contributed by atoms with Crippen LogP contribution in [0.1, 0.15) is 19.5 Å². The SMILES string of the molecule is COC[C@@H](NC(=O)Nc1cc2[nH]nc(OCc3ccccn3)c2cn1)C(C)C. The highest BCUT2D eigenvalue weighted by Gasteiger charge is 2.17. The zero-order valence-corrected chi connectivity index (χ0v) is 16.1. The molecule has 3 heterocycles. The lowest BCUT2D eigenvalue weighted by Gasteiger charge is -2.21. The van der Waals surface area contributed by atoms with E-state index in [-0.39, 0.29) is 18.0 Å². The monoisotopic (exact) mass is 384 g/mol. The molecule has 0 spiro atoms. The molecule has 3 aromatic rings. The van der Waals surface area contributed by atoms with Crippen molar-refractivity contribution in [1.29, 1.82) is 0 Å². The topological polar surface area (TPSA) is 114 Å². The van der Waals surface area contributed by atoms with Crippen LogP contribution in [-0.4, -0.2) is 46.0 Å². The van der Waals surface area contributed by atoms with Gasteiger partial charge in [-0.2, -0.15) is 0 Å². The Morgan fingerprint density at radius 3 is 2.86 bits per heavy atom. The number of ether oxygens (including phenoxy) is 2. The predicted molar refractivity (Wildman–Crippen MR) is 105 cm³/mol. The first-order chi connectivity index (χ1) is 13.6. The van der Waals surface area contributed by atoms with Gasteiger partial charge in [0.1, 0.15) is 12.4 Å². The highest BCUT2D eigenvalue weighted by atomic mass is 16.5. The number of pyridine rings is 2. The molecule has 0 saturated carbocycles. The Bertz CT molecular complexity index is 912. The molecule has 0 aliphatic carbocycles. The quantitative estimate of drug-likeness (QED) is 0.550. The van der Waals surface area contributed by atoms with Crippen LogP contribution in [0.15, 0.2) is 36.7 Å². The number of H-pyrrole nitrogens is 1. The first-order valence-electron chi connectivity index (χ1n) is 9.00. The van der Waals surface area contributed by atoms with Crippen molar-refractivity contribution in [3.05, 3.63) is 42.4 Å². The lowest BCUT2D eigenvalue weighted by molar-refractivity contribution is 0.150. The van der Waals surface area contributed by atoms with Crippen molar-refractivity contribution in [3.63, 3.8) is 0 Å². The van der Waals surface area contributed by atoms with Gasteiger partial charge in [-0.1, -0.05) is 19.9 Å². The summed E-state index contributed by atoms with van der Waals surface area (Å²) in [6, 6.07) is 6.90. The molecule has 3 N–H and O–H groups in total. The number of rotatable bonds is 8. The molecule has 0 aliphatic heterocycles. The number of hydrogen-bond donors (Lipinski definition) is 3. The van der Waals surface area contributed by atoms with Gasteiger partial charge in [0, 0.05) is 25.6 Å². The van der Waals surface area contributed by atoms with Crippen molar-refractivity contribution < 1.29 is 14.3 Å². The third-order valence-corrected chi connectivity index (χ3v) is 4.20. The van der Waals surface area contributed by atoms with Gasteiger partial charge in [-0.25, -0.2) is 9.78 Å². The standard InChI is InChI=1S/C19H24N6O3/c1-12(2)16(11-27-3)22-19(26)23-17-8-15-14(9-21-17)18(25-24-15)28-10-13-6-4-5-7-20-13/h4-9,12,16H,10-11H2,1-3H3,(H,24,25)(H2,21,22,23,26)/t16-/m1/s1. The predicted octanol–water partition coefficient (Wildman–Crippen LogP) is 2.72. The van der Waals surface area contributed by atoms with Crippen LogP contribution < -0.4 is 15.4 Å². The van der Waals surface area contributed by atoms with Gasteiger partial charge >= 0.3 is 6.03 Å². The fourth-order valence-corrected chi connectivity index (χ4v) is 2.59. The van der Waals surface area contributed by atoms with Crippen molar-refractivity contribution in [2.24, 2.45) is 5.92 Å². The minimum atomic E-state index is -0.339. The molecule has 9 nitrogen and oxygen atoms in total. The van der Waals surface area contributed by atoms with E-state index in [2.05, 4.69) is 30.8 Å². The van der Waals surface area contributed by atoms with Crippen LogP contribution in [0.3, 0.4) is 0 Å². The number of aromatic amines is 1. The summed E-state index contributed by atoms with van der Waals surface area (Å²) in [5, 5.41) is 13.4. The van der Waals surface area contributed by atoms with Gasteiger partial charge in [-0.3, -0.25) is 15.4 Å². The Balaban J connectivity index is 1.64. The van der Waals surface area contributed by atoms with E-state index in [9.17, 15) is 4.79 Å². The second kappa shape index (κ2) is 9.14. The van der Waals surface area contributed by atoms with Gasteiger partial charge in [0.25, 0.3) is 0 Å². The van der Waals surface area contributed by atoms with Crippen molar-refractivity contribution in [3.8, 4) is 5.88 Å². The van der Waals surface area contributed by atoms with Crippen molar-refractivity contribution in [2.75, 3.05) is 19.0 Å². The van der Waals surface area contributed by atoms with E-state index in [1.165, 1.54) is 0 Å². The summed E-state index contributed by atoms with van der Waals surface area (Å²) in [5.41, 5.74) is 1.51. The van der Waals surface area contributed by atoms with Gasteiger partial charge in [0.05, 0.1) is 29.2 Å². The Kier molecular flexibility index (Phi) is 6.38. The molecular formula is C19H24N6O3. The fourth-order valence-electron chi connectivity index (χ4n) is 2.59. The van der Waals surface area contributed by atoms with Crippen LogP contribution >= 0.6 is 0 Å². The summed E-state index contributed by atoms with van der Waals surface area (Å²) in [7, 11) is 1.61. The molecular weight excluding hydrogens is 360 g/mol. The zero-order chi connectivity index (χ0) is 19.9. The molecule has 9 heteroatoms. The van der Waals surface area contributed by atoms with Gasteiger partial charge < -0.3 is 14.8 Å². The number of carbonyl (C=O) groups excluding carboxylic acids is 1. The largest absolute Gasteiger partial charge is 0.470 e. The van der Waals surface area contributed by atoms with Crippen LogP contribution in [-0.2, 0) is 11.3 Å². The number of aromatic nitrogens is 4. The molecule has 3 rings (SSSR count). The number of methoxy groups -OCH3 is 1. The Labute approximate surface area is 162 Å². The average molecular weight is 384 g/mol. The minimum Gasteiger partial charge on any atom is -0.470 e. The van der Waals surface area contributed by atoms with E-state index < -0.39 is 0 Å². The Hall–Kier alpha value is -3.20. The van der Waals surface area contributed by atoms with Crippen LogP contribution in [0, 0.1) is 5.92 Å². The maximum Gasteiger partial charge on any atom is 0.320 e. The summed E-state index contributed by atoms with van der Waals surface area (Å²) >= 11 is 0. The smallest absolute Gasteiger partial charge is 0.320 e. The molecule has 0 saturated heterocycles. The van der Waals surface area contributed by atoms with E-state index in [1.54, 1.807) is 25.6 Å². The summed E-state index contributed by atoms with van der Waals surface area (Å²) in [6.07, 6.45) is 3.32. The van der Waals surface area contributed by atoms with E-state index in [4.69, 9.17) is 9.47 Å². The molecule has 148 valence electrons. The zero-order valence-electron chi connectivity index (χ0n) is 16.1. The summed E-state index contributed by atoms with van der Waals surface area (Å²) in [4.78, 5) is 20.7. The lowest BCUT2D eigenvalue weighted by Crippen LogP contribution is -2.43. The summed E-state index contributed by atoms with van der Waals surface area (Å²) in [5.74, 6) is 1.08. The van der Waals surface area contributed by atoms with Gasteiger partial charge in [-0.15, -0.1) is 5.10 Å². The molecule has 0 unspecified atom stereocenters. The van der Waals surface area contributed by atoms with Crippen molar-refractivity contribution in [2.45, 2.75) is 26.5 Å². The highest BCUT2D eigenvalue weighted by Crippen LogP contribution is 2.24. The highest BCUT2D eigenvalue weighted by molar-refractivity contribution is 5.92. The molecule has 0 aromatic carbocycles. The number of hydrogen-bond acceptors (Lipinski definition) is 6. The third-order valence-electron chi connectivity index (χ3n) is 4.20. The number of nitrogens with zero attached hydrogens (tertiary/aromatic N) is 3. The number of amides is 2. The molecule has 28 heavy (non-hydrogen) atoms. The molecule has 0 radical (unpaired) electrons. The van der Waals surface area contributed by atoms with E-state index in [0.29, 0.717) is 30.4 Å². The van der Waals surface area contributed by atoms with Gasteiger partial charge in [0.15, 0.2) is 0 Å². The van der Waals surface area contributed by atoms with Crippen LogP contribution in [0.2, 0.25) is 0 Å². The van der Waals surface area contributed by atoms with Crippen LogP contribution in [0.4, 0.5) is 10.6 Å². The number of fused-ring (bicyclic) bond motifs is 1. The summed E-state index contributed by atoms with van der Waals surface area (Å²) < 4.78 is 10.9. The van der Waals surface area contributed by atoms with Crippen molar-refractivity contribution in [1.82, 2.24) is 25.5 Å². The normalized spacial score (nSPS) is 12.1. The fraction of sp³-hybridized carbons (Fsp3) is 0.368. The maximum atomic E-state index is 12.2. The van der Waals surface area contributed by atoms with E-state index >= 15 is 0 Å². The molecule has 1 atom stereocenters. The second-order valence-electron chi connectivity index (χ2n) is 6.66. The second-order valence-corrected chi connectivity index (χ2v) is 6.66. The molecule has 0 bridgehead atoms. The number of carbonyl (C=O) groups is 1. The first kappa shape index (κ1) is 19.6. The number of anilines is 1. The maximum absolute atomic E-state index is 12.2. The first-order valence-corrected chi connectivity index (χ1v) is 9.00.